The molecule has 4 nitrogen and oxygen atoms in total. The largest absolute Gasteiger partial charge is 0.369 e. The molecule has 0 aromatic rings. The minimum absolute atomic E-state index is 0.341. The van der Waals surface area contributed by atoms with Crippen LogP contribution < -0.4 is 0 Å². The number of halogens is 1. The van der Waals surface area contributed by atoms with Crippen LogP contribution >= 0.6 is 0 Å². The monoisotopic (exact) mass is 456 g/mol. The minimum Gasteiger partial charge on any atom is -0.369 e. The highest BCUT2D eigenvalue weighted by Gasteiger charge is 2.20. The van der Waals surface area contributed by atoms with Gasteiger partial charge in [-0.2, -0.15) is 0 Å². The molecule has 184 valence electrons. The maximum absolute atomic E-state index is 15.1. The van der Waals surface area contributed by atoms with Gasteiger partial charge < -0.3 is 14.7 Å². The fraction of sp³-hybridized carbons (Fsp3) is 0.536. The summed E-state index contributed by atoms with van der Waals surface area (Å²) in [5.74, 6) is -0.341. The quantitative estimate of drug-likeness (QED) is 0.208. The highest BCUT2D eigenvalue weighted by molar-refractivity contribution is 5.41. The molecule has 0 amide bonds. The Bertz CT molecular complexity index is 775. The first kappa shape index (κ1) is 28.6. The number of allylic oxidation sites excluding steroid dienone is 5. The zero-order valence-corrected chi connectivity index (χ0v) is 21.6. The normalized spacial score (nSPS) is 17.8. The van der Waals surface area contributed by atoms with Gasteiger partial charge in [0.25, 0.3) is 0 Å². The van der Waals surface area contributed by atoms with E-state index in [2.05, 4.69) is 73.8 Å². The molecule has 0 aromatic heterocycles. The molecule has 5 heteroatoms. The Morgan fingerprint density at radius 1 is 1.15 bits per heavy atom. The van der Waals surface area contributed by atoms with E-state index >= 15 is 4.39 Å². The van der Waals surface area contributed by atoms with Crippen LogP contribution in [0.3, 0.4) is 0 Å². The van der Waals surface area contributed by atoms with Gasteiger partial charge in [-0.1, -0.05) is 38.3 Å². The van der Waals surface area contributed by atoms with E-state index in [4.69, 9.17) is 0 Å². The summed E-state index contributed by atoms with van der Waals surface area (Å²) in [4.78, 5) is 10.7. The average molecular weight is 457 g/mol. The van der Waals surface area contributed by atoms with Crippen molar-refractivity contribution in [3.63, 3.8) is 0 Å². The lowest BCUT2D eigenvalue weighted by Crippen LogP contribution is -2.31. The van der Waals surface area contributed by atoms with E-state index in [-0.39, 0.29) is 5.83 Å². The Kier molecular flexibility index (Phi) is 13.4. The van der Waals surface area contributed by atoms with Gasteiger partial charge in [0.1, 0.15) is 5.83 Å². The van der Waals surface area contributed by atoms with Crippen LogP contribution in [-0.4, -0.2) is 67.2 Å². The summed E-state index contributed by atoms with van der Waals surface area (Å²) in [6.45, 7) is 24.4. The van der Waals surface area contributed by atoms with Gasteiger partial charge in [-0.15, -0.1) is 0 Å². The van der Waals surface area contributed by atoms with Gasteiger partial charge in [-0.25, -0.2) is 4.39 Å². The molecule has 33 heavy (non-hydrogen) atoms. The molecule has 0 spiro atoms. The zero-order valence-electron chi connectivity index (χ0n) is 21.6. The second kappa shape index (κ2) is 15.4. The molecule has 1 aliphatic heterocycles. The van der Waals surface area contributed by atoms with Crippen molar-refractivity contribution < 1.29 is 4.39 Å². The van der Waals surface area contributed by atoms with Gasteiger partial charge in [0, 0.05) is 31.4 Å². The predicted molar refractivity (Wildman–Crippen MR) is 143 cm³/mol. The Morgan fingerprint density at radius 3 is 2.42 bits per heavy atom. The number of hydrogen-bond acceptors (Lipinski definition) is 4. The first-order valence-corrected chi connectivity index (χ1v) is 12.2. The first-order valence-electron chi connectivity index (χ1n) is 12.2. The van der Waals surface area contributed by atoms with Gasteiger partial charge in [-0.3, -0.25) is 4.99 Å². The fourth-order valence-corrected chi connectivity index (χ4v) is 4.19. The maximum Gasteiger partial charge on any atom is 0.148 e. The molecule has 0 saturated carbocycles. The molecule has 0 radical (unpaired) electrons. The average Bonchev–Trinajstić information content (AvgIpc) is 3.22. The van der Waals surface area contributed by atoms with Crippen LogP contribution in [0, 0.1) is 0 Å². The third-order valence-corrected chi connectivity index (χ3v) is 6.05. The van der Waals surface area contributed by atoms with Crippen LogP contribution in [0.5, 0.6) is 0 Å². The van der Waals surface area contributed by atoms with Gasteiger partial charge in [0.05, 0.1) is 11.4 Å². The summed E-state index contributed by atoms with van der Waals surface area (Å²) in [5.41, 5.74) is 2.87. The summed E-state index contributed by atoms with van der Waals surface area (Å²) in [6, 6.07) is 0.527. The SMILES string of the molecule is C=NC(=C)/C(=C(F)\C=C/C)N(CCCN(C)CCC)CC(/C=C\C(=C)N1CCCC1C)=C/C. The summed E-state index contributed by atoms with van der Waals surface area (Å²) in [5, 5.41) is 0. The summed E-state index contributed by atoms with van der Waals surface area (Å²) < 4.78 is 15.1. The maximum atomic E-state index is 15.1. The lowest BCUT2D eigenvalue weighted by Gasteiger charge is -2.29. The zero-order chi connectivity index (χ0) is 24.8. The van der Waals surface area contributed by atoms with E-state index < -0.39 is 0 Å². The molecule has 0 aromatic carbocycles. The predicted octanol–water partition coefficient (Wildman–Crippen LogP) is 6.49. The molecular weight excluding hydrogens is 411 g/mol. The standard InChI is InChI=1S/C28H45FN4/c1-9-14-27(29)28(25(6)30-7)32(20-13-19-31(8)18-10-2)22-26(11-3)17-16-24(5)33-21-12-15-23(33)4/h9,11,14,16-17,23H,5-7,10,12-13,15,18-22H2,1-4,8H3/b14-9-,17-16-,26-11+,28-27-. The number of aliphatic imine (C=N–C) groups is 1. The van der Waals surface area contributed by atoms with Gasteiger partial charge in [0.15, 0.2) is 0 Å². The summed E-state index contributed by atoms with van der Waals surface area (Å²) in [7, 11) is 2.13. The number of rotatable bonds is 15. The van der Waals surface area contributed by atoms with E-state index in [0.717, 1.165) is 43.7 Å². The van der Waals surface area contributed by atoms with Crippen molar-refractivity contribution in [3.8, 4) is 0 Å². The molecule has 0 aliphatic carbocycles. The molecule has 1 unspecified atom stereocenters. The molecule has 1 aliphatic rings. The van der Waals surface area contributed by atoms with Crippen molar-refractivity contribution in [3.05, 3.63) is 72.0 Å². The van der Waals surface area contributed by atoms with Crippen LogP contribution in [0.25, 0.3) is 0 Å². The number of nitrogens with zero attached hydrogens (tertiary/aromatic N) is 4. The van der Waals surface area contributed by atoms with E-state index in [0.29, 0.717) is 30.5 Å². The molecule has 1 atom stereocenters. The molecule has 1 fully saturated rings. The lowest BCUT2D eigenvalue weighted by molar-refractivity contribution is 0.291. The highest BCUT2D eigenvalue weighted by atomic mass is 19.1. The van der Waals surface area contributed by atoms with Crippen molar-refractivity contribution in [2.45, 2.75) is 59.4 Å². The molecule has 1 heterocycles. The molecule has 1 rings (SSSR count). The van der Waals surface area contributed by atoms with E-state index in [1.807, 2.05) is 11.8 Å². The Hall–Kier alpha value is -2.40. The van der Waals surface area contributed by atoms with Crippen molar-refractivity contribution >= 4 is 6.72 Å². The van der Waals surface area contributed by atoms with Crippen LogP contribution in [0.1, 0.15) is 53.4 Å². The second-order valence-corrected chi connectivity index (χ2v) is 8.75. The molecule has 1 saturated heterocycles. The third-order valence-electron chi connectivity index (χ3n) is 6.05. The molecule has 0 N–H and O–H groups in total. The second-order valence-electron chi connectivity index (χ2n) is 8.75. The van der Waals surface area contributed by atoms with Crippen LogP contribution in [0.2, 0.25) is 0 Å². The topological polar surface area (TPSA) is 22.1 Å². The Morgan fingerprint density at radius 2 is 1.88 bits per heavy atom. The molecular formula is C28H45FN4. The van der Waals surface area contributed by atoms with Gasteiger partial charge >= 0.3 is 0 Å². The Labute approximate surface area is 202 Å². The highest BCUT2D eigenvalue weighted by Crippen LogP contribution is 2.25. The summed E-state index contributed by atoms with van der Waals surface area (Å²) >= 11 is 0. The van der Waals surface area contributed by atoms with Crippen LogP contribution in [0.4, 0.5) is 4.39 Å². The van der Waals surface area contributed by atoms with Crippen LogP contribution in [-0.2, 0) is 0 Å². The van der Waals surface area contributed by atoms with Gasteiger partial charge in [0.2, 0.25) is 0 Å². The Balaban J connectivity index is 3.10. The van der Waals surface area contributed by atoms with Crippen molar-refractivity contribution in [1.29, 1.82) is 0 Å². The van der Waals surface area contributed by atoms with E-state index in [1.165, 1.54) is 18.9 Å². The number of hydrogen-bond donors (Lipinski definition) is 0. The first-order chi connectivity index (χ1) is 15.8. The lowest BCUT2D eigenvalue weighted by atomic mass is 10.1. The van der Waals surface area contributed by atoms with Gasteiger partial charge in [-0.05, 0) is 91.0 Å². The van der Waals surface area contributed by atoms with Crippen molar-refractivity contribution in [2.24, 2.45) is 4.99 Å². The van der Waals surface area contributed by atoms with Crippen molar-refractivity contribution in [1.82, 2.24) is 14.7 Å². The van der Waals surface area contributed by atoms with E-state index in [1.54, 1.807) is 13.0 Å². The van der Waals surface area contributed by atoms with E-state index in [9.17, 15) is 0 Å². The smallest absolute Gasteiger partial charge is 0.148 e. The summed E-state index contributed by atoms with van der Waals surface area (Å²) in [6.07, 6.45) is 13.8. The van der Waals surface area contributed by atoms with Crippen molar-refractivity contribution in [2.75, 3.05) is 39.8 Å². The molecule has 0 bridgehead atoms. The third kappa shape index (κ3) is 9.55. The minimum atomic E-state index is -0.341. The fourth-order valence-electron chi connectivity index (χ4n) is 4.19. The van der Waals surface area contributed by atoms with Crippen LogP contribution in [0.15, 0.2) is 77.0 Å². The number of likely N-dealkylation sites (tertiary alicyclic amines) is 1.